The number of benzene rings is 2. The zero-order valence-corrected chi connectivity index (χ0v) is 26.2. The van der Waals surface area contributed by atoms with E-state index in [2.05, 4.69) is 31.3 Å². The van der Waals surface area contributed by atoms with Crippen molar-refractivity contribution in [2.45, 2.75) is 58.0 Å². The van der Waals surface area contributed by atoms with Crippen molar-refractivity contribution in [3.8, 4) is 5.75 Å². The summed E-state index contributed by atoms with van der Waals surface area (Å²) in [5.41, 5.74) is 11.0. The summed E-state index contributed by atoms with van der Waals surface area (Å²) < 4.78 is 6.80. The first-order valence-electron chi connectivity index (χ1n) is 15.9. The standard InChI is InChI=1S/C34H38N8O5/c1-20-22-9-10-25(24(22)8-7-23(20)32(44)36-14-5-3-2-4-13-35)41-34(46)28-17-27(39-30-12-15-38-42(28)30)33(45)37-18-21-6-11-29-26(16-21)40-31(43)19-47-29/h6-8,11-12,15-17,25H,2-5,9-10,13-14,18-19,35H2,1H3,(H,36,44)(H,37,45)(H,40,43)(H,41,46)/t25-/m0/s1. The Bertz CT molecular complexity index is 1850. The molecule has 0 radical (unpaired) electrons. The number of fused-ring (bicyclic) bond motifs is 3. The number of anilines is 1. The average Bonchev–Trinajstić information content (AvgIpc) is 3.72. The number of carbonyl (C=O) groups is 4. The first-order valence-corrected chi connectivity index (χ1v) is 15.9. The summed E-state index contributed by atoms with van der Waals surface area (Å²) in [7, 11) is 0. The Hall–Kier alpha value is -5.30. The minimum atomic E-state index is -0.469. The molecule has 0 unspecified atom stereocenters. The van der Waals surface area contributed by atoms with Crippen LogP contribution >= 0.6 is 0 Å². The Morgan fingerprint density at radius 2 is 1.87 bits per heavy atom. The van der Waals surface area contributed by atoms with E-state index in [1.54, 1.807) is 24.3 Å². The van der Waals surface area contributed by atoms with E-state index in [1.165, 1.54) is 16.8 Å². The van der Waals surface area contributed by atoms with Gasteiger partial charge in [0.1, 0.15) is 17.1 Å². The molecule has 1 aliphatic carbocycles. The Morgan fingerprint density at radius 3 is 2.72 bits per heavy atom. The molecular weight excluding hydrogens is 600 g/mol. The molecule has 6 N–H and O–H groups in total. The highest BCUT2D eigenvalue weighted by atomic mass is 16.5. The Morgan fingerprint density at radius 1 is 1.02 bits per heavy atom. The first-order chi connectivity index (χ1) is 22.8. The number of nitrogens with zero attached hydrogens (tertiary/aromatic N) is 3. The summed E-state index contributed by atoms with van der Waals surface area (Å²) >= 11 is 0. The van der Waals surface area contributed by atoms with E-state index in [0.717, 1.165) is 54.4 Å². The number of amides is 4. The predicted molar refractivity (Wildman–Crippen MR) is 174 cm³/mol. The fourth-order valence-corrected chi connectivity index (χ4v) is 6.13. The third kappa shape index (κ3) is 6.94. The van der Waals surface area contributed by atoms with Crippen LogP contribution < -0.4 is 31.7 Å². The maximum absolute atomic E-state index is 13.7. The van der Waals surface area contributed by atoms with Crippen molar-refractivity contribution in [1.29, 1.82) is 0 Å². The van der Waals surface area contributed by atoms with Crippen molar-refractivity contribution in [2.75, 3.05) is 25.0 Å². The van der Waals surface area contributed by atoms with Gasteiger partial charge in [-0.1, -0.05) is 25.0 Å². The van der Waals surface area contributed by atoms with E-state index in [4.69, 9.17) is 10.5 Å². The average molecular weight is 639 g/mol. The summed E-state index contributed by atoms with van der Waals surface area (Å²) in [4.78, 5) is 55.8. The third-order valence-corrected chi connectivity index (χ3v) is 8.61. The Kier molecular flexibility index (Phi) is 9.43. The van der Waals surface area contributed by atoms with Crippen LogP contribution in [-0.4, -0.2) is 57.9 Å². The molecule has 6 rings (SSSR count). The van der Waals surface area contributed by atoms with Gasteiger partial charge in [-0.25, -0.2) is 9.50 Å². The van der Waals surface area contributed by atoms with Crippen LogP contribution in [0.5, 0.6) is 5.75 Å². The number of ether oxygens (including phenoxy) is 1. The summed E-state index contributed by atoms with van der Waals surface area (Å²) in [5, 5.41) is 16.0. The summed E-state index contributed by atoms with van der Waals surface area (Å²) in [6.45, 7) is 3.39. The van der Waals surface area contributed by atoms with Gasteiger partial charge in [0.25, 0.3) is 23.6 Å². The van der Waals surface area contributed by atoms with Crippen LogP contribution in [0.4, 0.5) is 5.69 Å². The number of hydrogen-bond acceptors (Lipinski definition) is 8. The lowest BCUT2D eigenvalue weighted by Crippen LogP contribution is -2.31. The summed E-state index contributed by atoms with van der Waals surface area (Å²) in [6.07, 6.45) is 6.93. The predicted octanol–water partition coefficient (Wildman–Crippen LogP) is 2.96. The Labute approximate surface area is 271 Å². The quantitative estimate of drug-likeness (QED) is 0.147. The van der Waals surface area contributed by atoms with Gasteiger partial charge in [-0.15, -0.1) is 0 Å². The van der Waals surface area contributed by atoms with Crippen molar-refractivity contribution >= 4 is 35.0 Å². The number of aromatic nitrogens is 3. The van der Waals surface area contributed by atoms with Crippen LogP contribution in [0, 0.1) is 6.92 Å². The molecule has 4 amide bonds. The topological polar surface area (TPSA) is 182 Å². The largest absolute Gasteiger partial charge is 0.482 e. The molecule has 1 atom stereocenters. The number of hydrogen-bond donors (Lipinski definition) is 5. The number of rotatable bonds is 12. The molecule has 244 valence electrons. The van der Waals surface area contributed by atoms with Gasteiger partial charge in [-0.05, 0) is 79.6 Å². The zero-order valence-electron chi connectivity index (χ0n) is 26.2. The fraction of sp³-hybridized carbons (Fsp3) is 0.353. The van der Waals surface area contributed by atoms with Crippen molar-refractivity contribution in [2.24, 2.45) is 5.73 Å². The van der Waals surface area contributed by atoms with Gasteiger partial charge in [0.2, 0.25) is 0 Å². The van der Waals surface area contributed by atoms with Gasteiger partial charge >= 0.3 is 0 Å². The smallest absolute Gasteiger partial charge is 0.270 e. The molecule has 2 aromatic heterocycles. The van der Waals surface area contributed by atoms with Gasteiger partial charge in [0.05, 0.1) is 17.9 Å². The molecule has 0 saturated heterocycles. The highest BCUT2D eigenvalue weighted by molar-refractivity contribution is 5.99. The maximum Gasteiger partial charge on any atom is 0.270 e. The molecule has 13 heteroatoms. The van der Waals surface area contributed by atoms with Crippen LogP contribution in [0.25, 0.3) is 5.65 Å². The van der Waals surface area contributed by atoms with Crippen LogP contribution in [-0.2, 0) is 17.8 Å². The van der Waals surface area contributed by atoms with Crippen molar-refractivity contribution < 1.29 is 23.9 Å². The molecule has 4 aromatic rings. The number of nitrogens with two attached hydrogens (primary N) is 1. The van der Waals surface area contributed by atoms with Crippen LogP contribution in [0.1, 0.15) is 91.7 Å². The van der Waals surface area contributed by atoms with Crippen LogP contribution in [0.15, 0.2) is 48.7 Å². The molecule has 3 heterocycles. The molecule has 0 saturated carbocycles. The molecule has 13 nitrogen and oxygen atoms in total. The Balaban J connectivity index is 1.12. The maximum atomic E-state index is 13.7. The van der Waals surface area contributed by atoms with E-state index >= 15 is 0 Å². The molecule has 0 bridgehead atoms. The number of unbranched alkanes of at least 4 members (excludes halogenated alkanes) is 3. The van der Waals surface area contributed by atoms with Gasteiger partial charge < -0.3 is 31.7 Å². The van der Waals surface area contributed by atoms with Gasteiger partial charge in [-0.3, -0.25) is 19.2 Å². The highest BCUT2D eigenvalue weighted by Gasteiger charge is 2.29. The summed E-state index contributed by atoms with van der Waals surface area (Å²) in [5.74, 6) is -0.634. The lowest BCUT2D eigenvalue weighted by molar-refractivity contribution is -0.118. The molecule has 47 heavy (non-hydrogen) atoms. The lowest BCUT2D eigenvalue weighted by Gasteiger charge is -2.18. The number of nitrogens with one attached hydrogen (secondary N) is 4. The second-order valence-electron chi connectivity index (χ2n) is 11.8. The molecule has 0 spiro atoms. The first kappa shape index (κ1) is 31.7. The van der Waals surface area contributed by atoms with Crippen molar-refractivity contribution in [3.63, 3.8) is 0 Å². The minimum Gasteiger partial charge on any atom is -0.482 e. The van der Waals surface area contributed by atoms with Crippen LogP contribution in [0.3, 0.4) is 0 Å². The molecule has 0 fully saturated rings. The van der Waals surface area contributed by atoms with E-state index in [0.29, 0.717) is 42.2 Å². The normalized spacial score (nSPS) is 14.9. The van der Waals surface area contributed by atoms with Crippen molar-refractivity contribution in [3.05, 3.63) is 87.9 Å². The van der Waals surface area contributed by atoms with Gasteiger partial charge in [-0.2, -0.15) is 5.10 Å². The minimum absolute atomic E-state index is 0.0366. The molecular formula is C34H38N8O5. The number of carbonyl (C=O) groups excluding carboxylic acids is 4. The van der Waals surface area contributed by atoms with Crippen LogP contribution in [0.2, 0.25) is 0 Å². The van der Waals surface area contributed by atoms with Gasteiger partial charge in [0.15, 0.2) is 12.3 Å². The highest BCUT2D eigenvalue weighted by Crippen LogP contribution is 2.35. The molecule has 2 aromatic carbocycles. The lowest BCUT2D eigenvalue weighted by atomic mass is 9.97. The zero-order chi connectivity index (χ0) is 32.9. The SMILES string of the molecule is Cc1c(C(=O)NCCCCCCN)ccc2c1CC[C@@H]2NC(=O)c1cc(C(=O)NCc2ccc3c(c2)NC(=O)CO3)nc2ccnn12. The van der Waals surface area contributed by atoms with Crippen molar-refractivity contribution in [1.82, 2.24) is 30.5 Å². The molecule has 1 aliphatic heterocycles. The van der Waals surface area contributed by atoms with E-state index in [9.17, 15) is 19.2 Å². The molecule has 2 aliphatic rings. The summed E-state index contributed by atoms with van der Waals surface area (Å²) in [6, 6.07) is 11.8. The van der Waals surface area contributed by atoms with E-state index in [1.807, 2.05) is 19.1 Å². The van der Waals surface area contributed by atoms with E-state index < -0.39 is 11.8 Å². The second kappa shape index (κ2) is 14.0. The van der Waals surface area contributed by atoms with E-state index in [-0.39, 0.29) is 42.4 Å². The fourth-order valence-electron chi connectivity index (χ4n) is 6.13. The third-order valence-electron chi connectivity index (χ3n) is 8.61. The second-order valence-corrected chi connectivity index (χ2v) is 11.8. The van der Waals surface area contributed by atoms with Gasteiger partial charge in [0, 0.05) is 30.8 Å². The monoisotopic (exact) mass is 638 g/mol.